The molecule has 1 saturated heterocycles. The first-order chi connectivity index (χ1) is 12.5. The van der Waals surface area contributed by atoms with Gasteiger partial charge in [0.25, 0.3) is 11.8 Å². The second-order valence-electron chi connectivity index (χ2n) is 6.75. The molecule has 5 heteroatoms. The highest BCUT2D eigenvalue weighted by molar-refractivity contribution is 5.95. The Kier molecular flexibility index (Phi) is 5.35. The van der Waals surface area contributed by atoms with E-state index >= 15 is 0 Å². The van der Waals surface area contributed by atoms with Gasteiger partial charge in [0, 0.05) is 37.3 Å². The summed E-state index contributed by atoms with van der Waals surface area (Å²) in [6.07, 6.45) is 0.706. The second kappa shape index (κ2) is 7.68. The third kappa shape index (κ3) is 3.93. The highest BCUT2D eigenvalue weighted by Gasteiger charge is 2.23. The van der Waals surface area contributed by atoms with Crippen LogP contribution in [0.1, 0.15) is 38.3 Å². The summed E-state index contributed by atoms with van der Waals surface area (Å²) in [6.45, 7) is 6.11. The Balaban J connectivity index is 1.68. The molecule has 0 atom stereocenters. The summed E-state index contributed by atoms with van der Waals surface area (Å²) in [4.78, 5) is 28.9. The predicted molar refractivity (Wildman–Crippen MR) is 98.7 cm³/mol. The van der Waals surface area contributed by atoms with Gasteiger partial charge < -0.3 is 9.80 Å². The molecule has 0 N–H and O–H groups in total. The summed E-state index contributed by atoms with van der Waals surface area (Å²) in [7, 11) is 0. The quantitative estimate of drug-likeness (QED) is 0.829. The van der Waals surface area contributed by atoms with Crippen molar-refractivity contribution in [2.45, 2.75) is 20.3 Å². The minimum atomic E-state index is -0.419. The van der Waals surface area contributed by atoms with Gasteiger partial charge in [0.15, 0.2) is 0 Å². The first-order valence-corrected chi connectivity index (χ1v) is 8.87. The van der Waals surface area contributed by atoms with Gasteiger partial charge in [-0.25, -0.2) is 4.39 Å². The lowest BCUT2D eigenvalue weighted by Crippen LogP contribution is -2.37. The fraction of sp³-hybridized carbons (Fsp3) is 0.333. The van der Waals surface area contributed by atoms with Crippen molar-refractivity contribution in [2.24, 2.45) is 0 Å². The summed E-state index contributed by atoms with van der Waals surface area (Å²) in [6, 6.07) is 11.5. The van der Waals surface area contributed by atoms with Crippen LogP contribution in [0.5, 0.6) is 0 Å². The summed E-state index contributed by atoms with van der Waals surface area (Å²) in [5.74, 6) is -0.615. The first-order valence-electron chi connectivity index (χ1n) is 8.87. The van der Waals surface area contributed by atoms with Gasteiger partial charge in [-0.2, -0.15) is 0 Å². The van der Waals surface area contributed by atoms with Crippen LogP contribution < -0.4 is 0 Å². The van der Waals surface area contributed by atoms with Gasteiger partial charge in [-0.15, -0.1) is 0 Å². The fourth-order valence-corrected chi connectivity index (χ4v) is 3.18. The average Bonchev–Trinajstić information content (AvgIpc) is 2.89. The lowest BCUT2D eigenvalue weighted by Gasteiger charge is -2.22. The molecule has 1 aliphatic heterocycles. The molecule has 0 spiro atoms. The Morgan fingerprint density at radius 3 is 2.00 bits per heavy atom. The Labute approximate surface area is 153 Å². The van der Waals surface area contributed by atoms with E-state index < -0.39 is 5.82 Å². The Morgan fingerprint density at radius 2 is 1.42 bits per heavy atom. The van der Waals surface area contributed by atoms with E-state index in [2.05, 4.69) is 0 Å². The highest BCUT2D eigenvalue weighted by atomic mass is 19.1. The van der Waals surface area contributed by atoms with Gasteiger partial charge >= 0.3 is 0 Å². The van der Waals surface area contributed by atoms with Gasteiger partial charge in [0.2, 0.25) is 0 Å². The Morgan fingerprint density at radius 1 is 0.808 bits per heavy atom. The number of benzene rings is 2. The van der Waals surface area contributed by atoms with Gasteiger partial charge in [-0.3, -0.25) is 9.59 Å². The number of hydrogen-bond acceptors (Lipinski definition) is 2. The molecule has 3 rings (SSSR count). The molecule has 4 nitrogen and oxygen atoms in total. The number of nitrogens with zero attached hydrogens (tertiary/aromatic N) is 2. The van der Waals surface area contributed by atoms with Crippen molar-refractivity contribution in [3.8, 4) is 0 Å². The number of amides is 2. The van der Waals surface area contributed by atoms with E-state index in [4.69, 9.17) is 0 Å². The maximum absolute atomic E-state index is 13.4. The molecule has 26 heavy (non-hydrogen) atoms. The van der Waals surface area contributed by atoms with Crippen LogP contribution in [0.4, 0.5) is 4.39 Å². The van der Waals surface area contributed by atoms with Crippen LogP contribution in [0, 0.1) is 19.7 Å². The van der Waals surface area contributed by atoms with E-state index in [1.165, 1.54) is 18.2 Å². The molecule has 2 aromatic rings. The number of carbonyl (C=O) groups excluding carboxylic acids is 2. The van der Waals surface area contributed by atoms with Crippen molar-refractivity contribution in [3.05, 3.63) is 70.5 Å². The summed E-state index contributed by atoms with van der Waals surface area (Å²) >= 11 is 0. The van der Waals surface area contributed by atoms with Gasteiger partial charge in [0.1, 0.15) is 5.82 Å². The highest BCUT2D eigenvalue weighted by Crippen LogP contribution is 2.15. The van der Waals surface area contributed by atoms with E-state index in [1.54, 1.807) is 15.9 Å². The maximum atomic E-state index is 13.4. The molecule has 0 bridgehead atoms. The normalized spacial score (nSPS) is 14.9. The van der Waals surface area contributed by atoms with Crippen LogP contribution in [-0.4, -0.2) is 47.8 Å². The molecule has 1 fully saturated rings. The van der Waals surface area contributed by atoms with Crippen LogP contribution in [-0.2, 0) is 0 Å². The first kappa shape index (κ1) is 18.1. The Bertz CT molecular complexity index is 835. The molecular formula is C21H23FN2O2. The lowest BCUT2D eigenvalue weighted by atomic mass is 10.1. The van der Waals surface area contributed by atoms with Gasteiger partial charge in [0.05, 0.1) is 0 Å². The standard InChI is InChI=1S/C21H23FN2O2/c1-15-7-8-18(13-16(15)2)21(26)24-10-4-9-23(11-12-24)20(25)17-5-3-6-19(22)14-17/h3,5-8,13-14H,4,9-12H2,1-2H3. The van der Waals surface area contributed by atoms with E-state index in [1.807, 2.05) is 32.0 Å². The van der Waals surface area contributed by atoms with Crippen LogP contribution in [0.25, 0.3) is 0 Å². The third-order valence-electron chi connectivity index (χ3n) is 4.90. The van der Waals surface area contributed by atoms with E-state index in [0.29, 0.717) is 43.7 Å². The number of rotatable bonds is 2. The van der Waals surface area contributed by atoms with E-state index in [-0.39, 0.29) is 11.8 Å². The zero-order chi connectivity index (χ0) is 18.7. The van der Waals surface area contributed by atoms with Crippen molar-refractivity contribution in [2.75, 3.05) is 26.2 Å². The van der Waals surface area contributed by atoms with Crippen LogP contribution in [0.15, 0.2) is 42.5 Å². The maximum Gasteiger partial charge on any atom is 0.254 e. The zero-order valence-electron chi connectivity index (χ0n) is 15.2. The molecule has 0 unspecified atom stereocenters. The van der Waals surface area contributed by atoms with Gasteiger partial charge in [-0.05, 0) is 61.7 Å². The summed E-state index contributed by atoms with van der Waals surface area (Å²) in [5, 5.41) is 0. The minimum Gasteiger partial charge on any atom is -0.337 e. The Hall–Kier alpha value is -2.69. The largest absolute Gasteiger partial charge is 0.337 e. The molecule has 136 valence electrons. The van der Waals surface area contributed by atoms with Crippen LogP contribution in [0.2, 0.25) is 0 Å². The molecule has 0 saturated carbocycles. The fourth-order valence-electron chi connectivity index (χ4n) is 3.18. The predicted octanol–water partition coefficient (Wildman–Crippen LogP) is 3.43. The van der Waals surface area contributed by atoms with E-state index in [0.717, 1.165) is 11.1 Å². The SMILES string of the molecule is Cc1ccc(C(=O)N2CCCN(C(=O)c3cccc(F)c3)CC2)cc1C. The topological polar surface area (TPSA) is 40.6 Å². The minimum absolute atomic E-state index is 0.00634. The van der Waals surface area contributed by atoms with Crippen molar-refractivity contribution < 1.29 is 14.0 Å². The van der Waals surface area contributed by atoms with Crippen molar-refractivity contribution in [1.82, 2.24) is 9.80 Å². The monoisotopic (exact) mass is 354 g/mol. The van der Waals surface area contributed by atoms with E-state index in [9.17, 15) is 14.0 Å². The molecule has 1 heterocycles. The van der Waals surface area contributed by atoms with Crippen molar-refractivity contribution in [3.63, 3.8) is 0 Å². The number of aryl methyl sites for hydroxylation is 2. The third-order valence-corrected chi connectivity index (χ3v) is 4.90. The number of halogens is 1. The molecule has 2 amide bonds. The average molecular weight is 354 g/mol. The van der Waals surface area contributed by atoms with Crippen molar-refractivity contribution >= 4 is 11.8 Å². The number of carbonyl (C=O) groups is 2. The molecule has 2 aromatic carbocycles. The molecule has 1 aliphatic rings. The smallest absolute Gasteiger partial charge is 0.254 e. The lowest BCUT2D eigenvalue weighted by molar-refractivity contribution is 0.0718. The molecule has 0 radical (unpaired) electrons. The summed E-state index contributed by atoms with van der Waals surface area (Å²) in [5.41, 5.74) is 3.27. The second-order valence-corrected chi connectivity index (χ2v) is 6.75. The van der Waals surface area contributed by atoms with Gasteiger partial charge in [-0.1, -0.05) is 12.1 Å². The molecule has 0 aliphatic carbocycles. The summed E-state index contributed by atoms with van der Waals surface area (Å²) < 4.78 is 13.4. The van der Waals surface area contributed by atoms with Crippen LogP contribution >= 0.6 is 0 Å². The number of hydrogen-bond donors (Lipinski definition) is 0. The molecular weight excluding hydrogens is 331 g/mol. The zero-order valence-corrected chi connectivity index (χ0v) is 15.2. The van der Waals surface area contributed by atoms with Crippen molar-refractivity contribution in [1.29, 1.82) is 0 Å². The molecule has 0 aromatic heterocycles. The van der Waals surface area contributed by atoms with Crippen LogP contribution in [0.3, 0.4) is 0 Å².